The normalized spacial score (nSPS) is 16.8. The summed E-state index contributed by atoms with van der Waals surface area (Å²) in [6.45, 7) is 5.99. The zero-order chi connectivity index (χ0) is 21.3. The summed E-state index contributed by atoms with van der Waals surface area (Å²) in [7, 11) is 0. The molecule has 0 saturated carbocycles. The summed E-state index contributed by atoms with van der Waals surface area (Å²) in [4.78, 5) is 23.8. The van der Waals surface area contributed by atoms with E-state index in [4.69, 9.17) is 27.6 Å². The summed E-state index contributed by atoms with van der Waals surface area (Å²) in [5.41, 5.74) is 1.58. The fourth-order valence-corrected chi connectivity index (χ4v) is 4.82. The Morgan fingerprint density at radius 3 is 2.87 bits per heavy atom. The second-order valence-electron chi connectivity index (χ2n) is 6.31. The molecule has 0 aliphatic carbocycles. The number of aromatic nitrogens is 1. The van der Waals surface area contributed by atoms with Gasteiger partial charge in [0.15, 0.2) is 5.17 Å². The highest BCUT2D eigenvalue weighted by atomic mass is 35.5. The maximum Gasteiger partial charge on any atom is 0.267 e. The maximum absolute atomic E-state index is 12.9. The van der Waals surface area contributed by atoms with Crippen LogP contribution in [0, 0.1) is 6.92 Å². The van der Waals surface area contributed by atoms with E-state index in [1.54, 1.807) is 47.4 Å². The molecule has 3 heterocycles. The molecule has 9 heteroatoms. The van der Waals surface area contributed by atoms with Gasteiger partial charge in [-0.2, -0.15) is 4.99 Å². The van der Waals surface area contributed by atoms with Crippen molar-refractivity contribution in [3.8, 4) is 11.3 Å². The van der Waals surface area contributed by atoms with Crippen LogP contribution in [0.2, 0.25) is 10.0 Å². The second-order valence-corrected chi connectivity index (χ2v) is 9.00. The Kier molecular flexibility index (Phi) is 6.15. The molecule has 0 spiro atoms. The van der Waals surface area contributed by atoms with Crippen LogP contribution in [0.15, 0.2) is 62.7 Å². The van der Waals surface area contributed by atoms with E-state index >= 15 is 0 Å². The zero-order valence-corrected chi connectivity index (χ0v) is 18.9. The molecule has 152 valence electrons. The van der Waals surface area contributed by atoms with Crippen molar-refractivity contribution in [2.24, 2.45) is 4.99 Å². The molecule has 5 nitrogen and oxygen atoms in total. The molecule has 1 fully saturated rings. The van der Waals surface area contributed by atoms with Crippen LogP contribution >= 0.6 is 46.3 Å². The Morgan fingerprint density at radius 1 is 1.30 bits per heavy atom. The third kappa shape index (κ3) is 4.39. The van der Waals surface area contributed by atoms with Gasteiger partial charge >= 0.3 is 0 Å². The van der Waals surface area contributed by atoms with Crippen LogP contribution in [0.5, 0.6) is 0 Å². The Bertz CT molecular complexity index is 1200. The number of carbonyl (C=O) groups excluding carboxylic acids is 1. The van der Waals surface area contributed by atoms with Crippen molar-refractivity contribution in [1.29, 1.82) is 0 Å². The van der Waals surface area contributed by atoms with Crippen LogP contribution in [-0.2, 0) is 4.79 Å². The SMILES string of the molecule is C=CCN1C(=O)/C(=C\c2ccc(-c3cc(Cl)ccc3Cl)o2)S/C1=N/c1nc(C)cs1. The molecule has 2 aromatic heterocycles. The Labute approximate surface area is 191 Å². The molecule has 1 aromatic carbocycles. The Hall–Kier alpha value is -2.32. The number of hydrogen-bond donors (Lipinski definition) is 0. The number of thioether (sulfide) groups is 1. The summed E-state index contributed by atoms with van der Waals surface area (Å²) < 4.78 is 5.89. The van der Waals surface area contributed by atoms with Crippen molar-refractivity contribution in [3.05, 3.63) is 74.8 Å². The van der Waals surface area contributed by atoms with E-state index in [0.29, 0.717) is 48.9 Å². The van der Waals surface area contributed by atoms with Gasteiger partial charge in [-0.15, -0.1) is 17.9 Å². The number of aryl methyl sites for hydroxylation is 1. The van der Waals surface area contributed by atoms with Crippen LogP contribution in [0.4, 0.5) is 5.13 Å². The van der Waals surface area contributed by atoms with Crippen molar-refractivity contribution < 1.29 is 9.21 Å². The summed E-state index contributed by atoms with van der Waals surface area (Å²) in [6.07, 6.45) is 3.36. The fraction of sp³-hybridized carbons (Fsp3) is 0.0952. The molecule has 0 N–H and O–H groups in total. The first-order chi connectivity index (χ1) is 14.4. The van der Waals surface area contributed by atoms with Gasteiger partial charge in [0.25, 0.3) is 5.91 Å². The van der Waals surface area contributed by atoms with E-state index in [1.807, 2.05) is 12.3 Å². The van der Waals surface area contributed by atoms with E-state index in [-0.39, 0.29) is 5.91 Å². The van der Waals surface area contributed by atoms with Gasteiger partial charge in [0.2, 0.25) is 5.13 Å². The largest absolute Gasteiger partial charge is 0.457 e. The third-order valence-corrected chi connectivity index (χ3v) is 6.52. The van der Waals surface area contributed by atoms with Gasteiger partial charge in [-0.25, -0.2) is 4.98 Å². The van der Waals surface area contributed by atoms with Crippen LogP contribution in [-0.4, -0.2) is 27.5 Å². The third-order valence-electron chi connectivity index (χ3n) is 4.09. The number of rotatable bonds is 5. The standard InChI is InChI=1S/C21H15Cl2N3O2S2/c1-3-8-26-19(27)18(30-21(26)25-20-24-12(2)11-29-20)10-14-5-7-17(28-14)15-9-13(22)4-6-16(15)23/h3-7,9-11H,1,8H2,2H3/b18-10+,25-21+. The molecule has 0 bridgehead atoms. The van der Waals surface area contributed by atoms with Crippen molar-refractivity contribution >= 4 is 68.6 Å². The van der Waals surface area contributed by atoms with E-state index in [2.05, 4.69) is 16.6 Å². The number of furan rings is 1. The molecule has 0 radical (unpaired) electrons. The Morgan fingerprint density at radius 2 is 2.13 bits per heavy atom. The quantitative estimate of drug-likeness (QED) is 0.300. The monoisotopic (exact) mass is 475 g/mol. The average Bonchev–Trinajstić information content (AvgIpc) is 3.41. The average molecular weight is 476 g/mol. The second kappa shape index (κ2) is 8.81. The van der Waals surface area contributed by atoms with Gasteiger partial charge in [0.1, 0.15) is 11.5 Å². The predicted octanol–water partition coefficient (Wildman–Crippen LogP) is 6.81. The van der Waals surface area contributed by atoms with Crippen LogP contribution < -0.4 is 0 Å². The molecule has 1 aliphatic rings. The van der Waals surface area contributed by atoms with Crippen LogP contribution in [0.25, 0.3) is 17.4 Å². The first-order valence-corrected chi connectivity index (χ1v) is 11.3. The smallest absolute Gasteiger partial charge is 0.267 e. The maximum atomic E-state index is 12.9. The molecule has 30 heavy (non-hydrogen) atoms. The summed E-state index contributed by atoms with van der Waals surface area (Å²) in [5, 5.41) is 4.18. The number of halogens is 2. The molecule has 1 saturated heterocycles. The summed E-state index contributed by atoms with van der Waals surface area (Å²) >= 11 is 15.0. The molecular weight excluding hydrogens is 461 g/mol. The summed E-state index contributed by atoms with van der Waals surface area (Å²) in [5.74, 6) is 0.937. The van der Waals surface area contributed by atoms with Gasteiger partial charge in [-0.05, 0) is 49.0 Å². The van der Waals surface area contributed by atoms with E-state index in [0.717, 1.165) is 5.69 Å². The lowest BCUT2D eigenvalue weighted by Gasteiger charge is -2.11. The van der Waals surface area contributed by atoms with Gasteiger partial charge < -0.3 is 4.42 Å². The van der Waals surface area contributed by atoms with E-state index < -0.39 is 0 Å². The number of hydrogen-bond acceptors (Lipinski definition) is 6. The van der Waals surface area contributed by atoms with Crippen molar-refractivity contribution in [3.63, 3.8) is 0 Å². The first kappa shape index (κ1) is 20.9. The Balaban J connectivity index is 1.64. The highest BCUT2D eigenvalue weighted by Gasteiger charge is 2.33. The molecule has 0 atom stereocenters. The molecular formula is C21H15Cl2N3O2S2. The number of carbonyl (C=O) groups is 1. The number of amidine groups is 1. The van der Waals surface area contributed by atoms with Gasteiger partial charge in [0.05, 0.1) is 15.6 Å². The first-order valence-electron chi connectivity index (χ1n) is 8.83. The van der Waals surface area contributed by atoms with Gasteiger partial charge in [-0.1, -0.05) is 29.3 Å². The van der Waals surface area contributed by atoms with Crippen LogP contribution in [0.3, 0.4) is 0 Å². The van der Waals surface area contributed by atoms with Crippen molar-refractivity contribution in [2.45, 2.75) is 6.92 Å². The van der Waals surface area contributed by atoms with Crippen LogP contribution in [0.1, 0.15) is 11.5 Å². The highest BCUT2D eigenvalue weighted by molar-refractivity contribution is 8.18. The molecule has 1 aliphatic heterocycles. The minimum atomic E-state index is -0.161. The molecule has 0 unspecified atom stereocenters. The van der Waals surface area contributed by atoms with E-state index in [1.165, 1.54) is 23.1 Å². The van der Waals surface area contributed by atoms with Gasteiger partial charge in [-0.3, -0.25) is 9.69 Å². The van der Waals surface area contributed by atoms with E-state index in [9.17, 15) is 4.79 Å². The topological polar surface area (TPSA) is 58.7 Å². The number of benzene rings is 1. The molecule has 1 amide bonds. The number of amides is 1. The van der Waals surface area contributed by atoms with Crippen molar-refractivity contribution in [2.75, 3.05) is 6.54 Å². The zero-order valence-electron chi connectivity index (χ0n) is 15.8. The summed E-state index contributed by atoms with van der Waals surface area (Å²) in [6, 6.07) is 8.74. The fourth-order valence-electron chi connectivity index (χ4n) is 2.75. The number of aliphatic imine (C=N–C) groups is 1. The van der Waals surface area contributed by atoms with Gasteiger partial charge in [0, 0.05) is 28.6 Å². The predicted molar refractivity (Wildman–Crippen MR) is 126 cm³/mol. The number of thiazole rings is 1. The number of nitrogens with zero attached hydrogens (tertiary/aromatic N) is 3. The lowest BCUT2D eigenvalue weighted by atomic mass is 10.2. The minimum absolute atomic E-state index is 0.161. The molecule has 4 rings (SSSR count). The lowest BCUT2D eigenvalue weighted by Crippen LogP contribution is -2.29. The molecule has 3 aromatic rings. The lowest BCUT2D eigenvalue weighted by molar-refractivity contribution is -0.121. The minimum Gasteiger partial charge on any atom is -0.457 e. The highest BCUT2D eigenvalue weighted by Crippen LogP contribution is 2.36. The van der Waals surface area contributed by atoms with Crippen molar-refractivity contribution in [1.82, 2.24) is 9.88 Å².